The number of para-hydroxylation sites is 1. The van der Waals surface area contributed by atoms with Gasteiger partial charge in [-0.25, -0.2) is 0 Å². The summed E-state index contributed by atoms with van der Waals surface area (Å²) in [5, 5.41) is 13.4. The van der Waals surface area contributed by atoms with Gasteiger partial charge < -0.3 is 15.4 Å². The third kappa shape index (κ3) is 2.89. The summed E-state index contributed by atoms with van der Waals surface area (Å²) in [6.45, 7) is 0.552. The predicted molar refractivity (Wildman–Crippen MR) is 82.4 cm³/mol. The average Bonchev–Trinajstić information content (AvgIpc) is 2.91. The molecule has 4 nitrogen and oxygen atoms in total. The number of hydrogen-bond donors (Lipinski definition) is 3. The maximum Gasteiger partial charge on any atom is 0.251 e. The van der Waals surface area contributed by atoms with Gasteiger partial charge in [0.2, 0.25) is 0 Å². The van der Waals surface area contributed by atoms with Crippen LogP contribution in [0.2, 0.25) is 0 Å². The summed E-state index contributed by atoms with van der Waals surface area (Å²) >= 11 is 0. The number of amides is 1. The second kappa shape index (κ2) is 5.71. The molecule has 0 aliphatic heterocycles. The molecule has 2 aromatic carbocycles. The Hall–Kier alpha value is -2.75. The van der Waals surface area contributed by atoms with Gasteiger partial charge in [-0.3, -0.25) is 4.79 Å². The van der Waals surface area contributed by atoms with Crippen molar-refractivity contribution >= 4 is 16.8 Å². The Morgan fingerprint density at radius 1 is 1.14 bits per heavy atom. The van der Waals surface area contributed by atoms with Crippen LogP contribution in [-0.4, -0.2) is 22.5 Å². The molecule has 0 bridgehead atoms. The summed E-state index contributed by atoms with van der Waals surface area (Å²) in [5.74, 6) is -0.0787. The van der Waals surface area contributed by atoms with Crippen LogP contribution in [0.5, 0.6) is 5.75 Å². The molecule has 0 unspecified atom stereocenters. The maximum atomic E-state index is 12.0. The van der Waals surface area contributed by atoms with Crippen LogP contribution in [-0.2, 0) is 6.42 Å². The lowest BCUT2D eigenvalue weighted by Gasteiger charge is -2.05. The van der Waals surface area contributed by atoms with Crippen LogP contribution in [0, 0.1) is 0 Å². The van der Waals surface area contributed by atoms with E-state index in [4.69, 9.17) is 0 Å². The first-order valence-corrected chi connectivity index (χ1v) is 6.86. The molecule has 0 fully saturated rings. The van der Waals surface area contributed by atoms with Gasteiger partial charge in [-0.05, 0) is 36.2 Å². The van der Waals surface area contributed by atoms with Crippen molar-refractivity contribution in [3.8, 4) is 5.75 Å². The van der Waals surface area contributed by atoms with Crippen molar-refractivity contribution in [1.29, 1.82) is 0 Å². The molecular formula is C17H16N2O2. The quantitative estimate of drug-likeness (QED) is 0.688. The Morgan fingerprint density at radius 3 is 2.86 bits per heavy atom. The highest BCUT2D eigenvalue weighted by Crippen LogP contribution is 2.17. The second-order valence-corrected chi connectivity index (χ2v) is 4.92. The fourth-order valence-corrected chi connectivity index (χ4v) is 2.40. The van der Waals surface area contributed by atoms with Crippen molar-refractivity contribution in [3.05, 3.63) is 65.9 Å². The Morgan fingerprint density at radius 2 is 2.00 bits per heavy atom. The SMILES string of the molecule is O=C(NCCc1c[nH]c2ccccc12)c1cccc(O)c1. The predicted octanol–water partition coefficient (Wildman–Crippen LogP) is 2.85. The van der Waals surface area contributed by atoms with Crippen LogP contribution < -0.4 is 5.32 Å². The monoisotopic (exact) mass is 280 g/mol. The minimum absolute atomic E-state index is 0.0966. The molecule has 3 N–H and O–H groups in total. The van der Waals surface area contributed by atoms with Gasteiger partial charge in [0.15, 0.2) is 0 Å². The van der Waals surface area contributed by atoms with E-state index >= 15 is 0 Å². The number of carbonyl (C=O) groups excluding carboxylic acids is 1. The number of aromatic hydroxyl groups is 1. The van der Waals surface area contributed by atoms with E-state index in [0.29, 0.717) is 12.1 Å². The fourth-order valence-electron chi connectivity index (χ4n) is 2.40. The van der Waals surface area contributed by atoms with Gasteiger partial charge in [-0.15, -0.1) is 0 Å². The molecule has 4 heteroatoms. The number of benzene rings is 2. The largest absolute Gasteiger partial charge is 0.508 e. The second-order valence-electron chi connectivity index (χ2n) is 4.92. The molecule has 106 valence electrons. The molecule has 0 aliphatic rings. The van der Waals surface area contributed by atoms with Crippen LogP contribution in [0.25, 0.3) is 10.9 Å². The molecule has 0 spiro atoms. The highest BCUT2D eigenvalue weighted by atomic mass is 16.3. The Balaban J connectivity index is 1.62. The number of fused-ring (bicyclic) bond motifs is 1. The van der Waals surface area contributed by atoms with Gasteiger partial charge >= 0.3 is 0 Å². The summed E-state index contributed by atoms with van der Waals surface area (Å²) < 4.78 is 0. The van der Waals surface area contributed by atoms with E-state index < -0.39 is 0 Å². The van der Waals surface area contributed by atoms with Crippen LogP contribution in [0.4, 0.5) is 0 Å². The molecule has 3 aromatic rings. The number of H-pyrrole nitrogens is 1. The van der Waals surface area contributed by atoms with E-state index in [0.717, 1.165) is 11.9 Å². The fraction of sp³-hybridized carbons (Fsp3) is 0.118. The minimum Gasteiger partial charge on any atom is -0.508 e. The van der Waals surface area contributed by atoms with Gasteiger partial charge in [0.25, 0.3) is 5.91 Å². The zero-order valence-corrected chi connectivity index (χ0v) is 11.5. The van der Waals surface area contributed by atoms with Crippen LogP contribution in [0.15, 0.2) is 54.7 Å². The molecule has 0 radical (unpaired) electrons. The van der Waals surface area contributed by atoms with Crippen LogP contribution in [0.3, 0.4) is 0 Å². The van der Waals surface area contributed by atoms with Crippen molar-refractivity contribution in [2.75, 3.05) is 6.54 Å². The molecule has 1 amide bonds. The molecule has 0 aliphatic carbocycles. The zero-order chi connectivity index (χ0) is 14.7. The van der Waals surface area contributed by atoms with Gasteiger partial charge in [0, 0.05) is 29.2 Å². The Labute approximate surface area is 122 Å². The van der Waals surface area contributed by atoms with E-state index in [-0.39, 0.29) is 11.7 Å². The van der Waals surface area contributed by atoms with Crippen LogP contribution in [0.1, 0.15) is 15.9 Å². The average molecular weight is 280 g/mol. The summed E-state index contributed by atoms with van der Waals surface area (Å²) in [6.07, 6.45) is 2.74. The first kappa shape index (κ1) is 13.2. The van der Waals surface area contributed by atoms with Gasteiger partial charge in [-0.2, -0.15) is 0 Å². The summed E-state index contributed by atoms with van der Waals surface area (Å²) in [6, 6.07) is 14.4. The molecule has 1 aromatic heterocycles. The minimum atomic E-state index is -0.175. The summed E-state index contributed by atoms with van der Waals surface area (Å²) in [5.41, 5.74) is 2.75. The lowest BCUT2D eigenvalue weighted by molar-refractivity contribution is 0.0954. The number of aromatic amines is 1. The van der Waals surface area contributed by atoms with Crippen LogP contribution >= 0.6 is 0 Å². The van der Waals surface area contributed by atoms with Crippen molar-refractivity contribution < 1.29 is 9.90 Å². The highest BCUT2D eigenvalue weighted by molar-refractivity contribution is 5.94. The van der Waals surface area contributed by atoms with E-state index in [9.17, 15) is 9.90 Å². The number of rotatable bonds is 4. The van der Waals surface area contributed by atoms with Crippen molar-refractivity contribution in [1.82, 2.24) is 10.3 Å². The maximum absolute atomic E-state index is 12.0. The lowest BCUT2D eigenvalue weighted by atomic mass is 10.1. The van der Waals surface area contributed by atoms with E-state index in [1.807, 2.05) is 24.4 Å². The third-order valence-electron chi connectivity index (χ3n) is 3.46. The van der Waals surface area contributed by atoms with E-state index in [1.165, 1.54) is 17.0 Å². The number of hydrogen-bond acceptors (Lipinski definition) is 2. The van der Waals surface area contributed by atoms with E-state index in [2.05, 4.69) is 16.4 Å². The molecular weight excluding hydrogens is 264 g/mol. The number of phenols is 1. The molecule has 21 heavy (non-hydrogen) atoms. The zero-order valence-electron chi connectivity index (χ0n) is 11.5. The molecule has 0 atom stereocenters. The number of aromatic nitrogens is 1. The summed E-state index contributed by atoms with van der Waals surface area (Å²) in [7, 11) is 0. The van der Waals surface area contributed by atoms with Crippen molar-refractivity contribution in [2.24, 2.45) is 0 Å². The smallest absolute Gasteiger partial charge is 0.251 e. The van der Waals surface area contributed by atoms with Crippen molar-refractivity contribution in [2.45, 2.75) is 6.42 Å². The first-order valence-electron chi connectivity index (χ1n) is 6.86. The topological polar surface area (TPSA) is 65.1 Å². The summed E-state index contributed by atoms with van der Waals surface area (Å²) in [4.78, 5) is 15.2. The molecule has 0 saturated carbocycles. The number of carbonyl (C=O) groups is 1. The lowest BCUT2D eigenvalue weighted by Crippen LogP contribution is -2.25. The van der Waals surface area contributed by atoms with Gasteiger partial charge in [-0.1, -0.05) is 24.3 Å². The Bertz CT molecular complexity index is 777. The number of nitrogens with one attached hydrogen (secondary N) is 2. The number of phenolic OH excluding ortho intramolecular Hbond substituents is 1. The first-order chi connectivity index (χ1) is 10.2. The Kier molecular flexibility index (Phi) is 3.60. The molecule has 3 rings (SSSR count). The molecule has 0 saturated heterocycles. The van der Waals surface area contributed by atoms with E-state index in [1.54, 1.807) is 18.2 Å². The third-order valence-corrected chi connectivity index (χ3v) is 3.46. The van der Waals surface area contributed by atoms with Crippen molar-refractivity contribution in [3.63, 3.8) is 0 Å². The van der Waals surface area contributed by atoms with Gasteiger partial charge in [0.05, 0.1) is 0 Å². The van der Waals surface area contributed by atoms with Gasteiger partial charge in [0.1, 0.15) is 5.75 Å². The normalized spacial score (nSPS) is 10.7. The highest BCUT2D eigenvalue weighted by Gasteiger charge is 2.07. The molecule has 1 heterocycles. The standard InChI is InChI=1S/C17H16N2O2/c20-14-5-3-4-12(10-14)17(21)18-9-8-13-11-19-16-7-2-1-6-15(13)16/h1-7,10-11,19-20H,8-9H2,(H,18,21).